The van der Waals surface area contributed by atoms with Crippen LogP contribution in [0.1, 0.15) is 61.4 Å². The van der Waals surface area contributed by atoms with Crippen molar-refractivity contribution in [2.75, 3.05) is 7.11 Å². The van der Waals surface area contributed by atoms with Crippen molar-refractivity contribution >= 4 is 5.97 Å². The standard InChI is InChI=1S/C15H22N2O3/c1-4-12-11(13(18)19)9-16-14(17-12)15(20-3)7-5-10(2)6-8-15/h9-10H,4-8H2,1-3H3,(H,18,19). The highest BCUT2D eigenvalue weighted by atomic mass is 16.5. The average Bonchev–Trinajstić information content (AvgIpc) is 2.47. The summed E-state index contributed by atoms with van der Waals surface area (Å²) in [5.41, 5.74) is 0.317. The Morgan fingerprint density at radius 3 is 2.65 bits per heavy atom. The molecule has 0 aliphatic heterocycles. The normalized spacial score (nSPS) is 26.4. The maximum atomic E-state index is 11.1. The molecule has 1 aromatic heterocycles. The van der Waals surface area contributed by atoms with E-state index in [0.717, 1.165) is 25.7 Å². The summed E-state index contributed by atoms with van der Waals surface area (Å²) >= 11 is 0. The molecule has 0 spiro atoms. The second-order valence-electron chi connectivity index (χ2n) is 5.59. The molecule has 1 saturated carbocycles. The van der Waals surface area contributed by atoms with Crippen LogP contribution < -0.4 is 0 Å². The van der Waals surface area contributed by atoms with Gasteiger partial charge in [0.15, 0.2) is 5.82 Å². The maximum Gasteiger partial charge on any atom is 0.339 e. The number of aromatic nitrogens is 2. The zero-order valence-corrected chi connectivity index (χ0v) is 12.3. The van der Waals surface area contributed by atoms with E-state index in [9.17, 15) is 4.79 Å². The van der Waals surface area contributed by atoms with Crippen LogP contribution in [-0.2, 0) is 16.8 Å². The number of rotatable bonds is 4. The Hall–Kier alpha value is -1.49. The Morgan fingerprint density at radius 1 is 1.50 bits per heavy atom. The van der Waals surface area contributed by atoms with E-state index in [1.807, 2.05) is 6.92 Å². The molecule has 1 N–H and O–H groups in total. The molecule has 0 unspecified atom stereocenters. The van der Waals surface area contributed by atoms with E-state index in [2.05, 4.69) is 16.9 Å². The van der Waals surface area contributed by atoms with Gasteiger partial charge in [0.05, 0.1) is 11.3 Å². The molecule has 0 saturated heterocycles. The fourth-order valence-electron chi connectivity index (χ4n) is 2.83. The highest BCUT2D eigenvalue weighted by Gasteiger charge is 2.39. The molecule has 1 aliphatic carbocycles. The van der Waals surface area contributed by atoms with Gasteiger partial charge in [-0.25, -0.2) is 14.8 Å². The van der Waals surface area contributed by atoms with Crippen molar-refractivity contribution in [3.05, 3.63) is 23.3 Å². The van der Waals surface area contributed by atoms with Crippen LogP contribution in [-0.4, -0.2) is 28.2 Å². The highest BCUT2D eigenvalue weighted by molar-refractivity contribution is 5.88. The van der Waals surface area contributed by atoms with Gasteiger partial charge in [0.1, 0.15) is 5.60 Å². The van der Waals surface area contributed by atoms with Crippen molar-refractivity contribution in [3.63, 3.8) is 0 Å². The Labute approximate surface area is 119 Å². The minimum Gasteiger partial charge on any atom is -0.478 e. The van der Waals surface area contributed by atoms with Crippen molar-refractivity contribution in [2.45, 2.75) is 51.6 Å². The summed E-state index contributed by atoms with van der Waals surface area (Å²) in [7, 11) is 1.69. The van der Waals surface area contributed by atoms with Crippen molar-refractivity contribution in [1.29, 1.82) is 0 Å². The molecule has 0 atom stereocenters. The van der Waals surface area contributed by atoms with Crippen LogP contribution in [0.25, 0.3) is 0 Å². The van der Waals surface area contributed by atoms with Crippen molar-refractivity contribution < 1.29 is 14.6 Å². The molecule has 1 heterocycles. The van der Waals surface area contributed by atoms with E-state index in [1.165, 1.54) is 6.20 Å². The molecular weight excluding hydrogens is 256 g/mol. The van der Waals surface area contributed by atoms with Gasteiger partial charge >= 0.3 is 5.97 Å². The number of nitrogens with zero attached hydrogens (tertiary/aromatic N) is 2. The average molecular weight is 278 g/mol. The fraction of sp³-hybridized carbons (Fsp3) is 0.667. The highest BCUT2D eigenvalue weighted by Crippen LogP contribution is 2.40. The Morgan fingerprint density at radius 2 is 2.15 bits per heavy atom. The number of carboxylic acids is 1. The molecule has 0 amide bonds. The van der Waals surface area contributed by atoms with Gasteiger partial charge in [0.25, 0.3) is 0 Å². The van der Waals surface area contributed by atoms with Gasteiger partial charge < -0.3 is 9.84 Å². The summed E-state index contributed by atoms with van der Waals surface area (Å²) < 4.78 is 5.74. The first-order valence-corrected chi connectivity index (χ1v) is 7.17. The quantitative estimate of drug-likeness (QED) is 0.916. The number of hydrogen-bond acceptors (Lipinski definition) is 4. The van der Waals surface area contributed by atoms with E-state index in [0.29, 0.717) is 23.9 Å². The molecule has 0 bridgehead atoms. The molecular formula is C15H22N2O3. The number of ether oxygens (including phenoxy) is 1. The minimum absolute atomic E-state index is 0.187. The summed E-state index contributed by atoms with van der Waals surface area (Å²) in [4.78, 5) is 19.9. The van der Waals surface area contributed by atoms with Crippen molar-refractivity contribution in [1.82, 2.24) is 9.97 Å². The van der Waals surface area contributed by atoms with Gasteiger partial charge in [-0.05, 0) is 38.0 Å². The first kappa shape index (κ1) is 14.9. The summed E-state index contributed by atoms with van der Waals surface area (Å²) in [6, 6.07) is 0. The van der Waals surface area contributed by atoms with E-state index in [-0.39, 0.29) is 5.56 Å². The Balaban J connectivity index is 2.38. The lowest BCUT2D eigenvalue weighted by atomic mass is 9.79. The number of aromatic carboxylic acids is 1. The second kappa shape index (κ2) is 5.87. The van der Waals surface area contributed by atoms with E-state index >= 15 is 0 Å². The van der Waals surface area contributed by atoms with Crippen LogP contribution in [0.5, 0.6) is 0 Å². The number of carbonyl (C=O) groups is 1. The molecule has 1 aromatic rings. The number of carboxylic acid groups (broad SMARTS) is 1. The van der Waals surface area contributed by atoms with Crippen LogP contribution in [0, 0.1) is 5.92 Å². The predicted octanol–water partition coefficient (Wildman–Crippen LogP) is 2.79. The first-order valence-electron chi connectivity index (χ1n) is 7.17. The van der Waals surface area contributed by atoms with Gasteiger partial charge in [0.2, 0.25) is 0 Å². The van der Waals surface area contributed by atoms with Crippen LogP contribution >= 0.6 is 0 Å². The Bertz CT molecular complexity index is 494. The van der Waals surface area contributed by atoms with Crippen LogP contribution in [0.3, 0.4) is 0 Å². The van der Waals surface area contributed by atoms with Gasteiger partial charge in [-0.15, -0.1) is 0 Å². The number of aryl methyl sites for hydroxylation is 1. The lowest BCUT2D eigenvalue weighted by Crippen LogP contribution is -2.35. The lowest BCUT2D eigenvalue weighted by molar-refractivity contribution is -0.0599. The largest absolute Gasteiger partial charge is 0.478 e. The van der Waals surface area contributed by atoms with Gasteiger partial charge in [-0.1, -0.05) is 13.8 Å². The third-order valence-corrected chi connectivity index (χ3v) is 4.31. The summed E-state index contributed by atoms with van der Waals surface area (Å²) in [6.07, 6.45) is 5.94. The van der Waals surface area contributed by atoms with E-state index in [4.69, 9.17) is 9.84 Å². The topological polar surface area (TPSA) is 72.3 Å². The van der Waals surface area contributed by atoms with Crippen molar-refractivity contribution in [2.24, 2.45) is 5.92 Å². The summed E-state index contributed by atoms with van der Waals surface area (Å²) in [6.45, 7) is 4.15. The fourth-order valence-corrected chi connectivity index (χ4v) is 2.83. The Kier molecular flexibility index (Phi) is 4.38. The summed E-state index contributed by atoms with van der Waals surface area (Å²) in [5, 5.41) is 9.14. The molecule has 0 aromatic carbocycles. The smallest absolute Gasteiger partial charge is 0.339 e. The molecule has 1 aliphatic rings. The second-order valence-corrected chi connectivity index (χ2v) is 5.59. The number of methoxy groups -OCH3 is 1. The van der Waals surface area contributed by atoms with E-state index < -0.39 is 11.6 Å². The van der Waals surface area contributed by atoms with Crippen LogP contribution in [0.2, 0.25) is 0 Å². The van der Waals surface area contributed by atoms with Crippen molar-refractivity contribution in [3.8, 4) is 0 Å². The first-order chi connectivity index (χ1) is 9.52. The zero-order chi connectivity index (χ0) is 14.8. The molecule has 1 fully saturated rings. The number of hydrogen-bond donors (Lipinski definition) is 1. The monoisotopic (exact) mass is 278 g/mol. The predicted molar refractivity (Wildman–Crippen MR) is 74.7 cm³/mol. The molecule has 2 rings (SSSR count). The molecule has 20 heavy (non-hydrogen) atoms. The third-order valence-electron chi connectivity index (χ3n) is 4.31. The van der Waals surface area contributed by atoms with Gasteiger partial charge in [-0.3, -0.25) is 0 Å². The summed E-state index contributed by atoms with van der Waals surface area (Å²) in [5.74, 6) is 0.355. The van der Waals surface area contributed by atoms with Gasteiger partial charge in [-0.2, -0.15) is 0 Å². The molecule has 110 valence electrons. The molecule has 5 heteroatoms. The lowest BCUT2D eigenvalue weighted by Gasteiger charge is -2.37. The third kappa shape index (κ3) is 2.68. The molecule has 5 nitrogen and oxygen atoms in total. The molecule has 0 radical (unpaired) electrons. The van der Waals surface area contributed by atoms with Crippen LogP contribution in [0.15, 0.2) is 6.20 Å². The SMILES string of the molecule is CCc1nc(C2(OC)CCC(C)CC2)ncc1C(=O)O. The van der Waals surface area contributed by atoms with E-state index in [1.54, 1.807) is 7.11 Å². The maximum absolute atomic E-state index is 11.1. The van der Waals surface area contributed by atoms with Crippen LogP contribution in [0.4, 0.5) is 0 Å². The minimum atomic E-state index is -0.975. The van der Waals surface area contributed by atoms with Gasteiger partial charge in [0, 0.05) is 13.3 Å². The zero-order valence-electron chi connectivity index (χ0n) is 12.3.